The van der Waals surface area contributed by atoms with Crippen molar-refractivity contribution in [1.29, 1.82) is 0 Å². The van der Waals surface area contributed by atoms with Gasteiger partial charge in [-0.25, -0.2) is 9.67 Å². The predicted molar refractivity (Wildman–Crippen MR) is 61.4 cm³/mol. The average molecular weight is 238 g/mol. The largest absolute Gasteiger partial charge is 0.302 e. The number of aromatic amines is 1. The molecule has 0 radical (unpaired) electrons. The van der Waals surface area contributed by atoms with Gasteiger partial charge in [0.05, 0.1) is 0 Å². The zero-order valence-corrected chi connectivity index (χ0v) is 10.1. The lowest BCUT2D eigenvalue weighted by atomic mass is 10.2. The molecule has 0 amide bonds. The zero-order valence-electron chi connectivity index (χ0n) is 9.29. The van der Waals surface area contributed by atoms with Crippen LogP contribution in [-0.4, -0.2) is 29.5 Å². The van der Waals surface area contributed by atoms with Gasteiger partial charge >= 0.3 is 0 Å². The van der Waals surface area contributed by atoms with Crippen molar-refractivity contribution in [2.75, 3.05) is 0 Å². The summed E-state index contributed by atoms with van der Waals surface area (Å²) in [6.45, 7) is 5.74. The van der Waals surface area contributed by atoms with E-state index in [1.54, 1.807) is 11.0 Å². The number of aromatic nitrogens is 6. The second kappa shape index (κ2) is 4.56. The normalized spacial score (nSPS) is 11.2. The summed E-state index contributed by atoms with van der Waals surface area (Å²) in [7, 11) is 0. The first-order chi connectivity index (χ1) is 7.66. The third-order valence-corrected chi connectivity index (χ3v) is 2.47. The van der Waals surface area contributed by atoms with Crippen molar-refractivity contribution in [1.82, 2.24) is 29.5 Å². The van der Waals surface area contributed by atoms with E-state index in [9.17, 15) is 0 Å². The fourth-order valence-electron chi connectivity index (χ4n) is 1.48. The highest BCUT2D eigenvalue weighted by Gasteiger charge is 2.08. The predicted octanol–water partition coefficient (Wildman–Crippen LogP) is 1.24. The summed E-state index contributed by atoms with van der Waals surface area (Å²) in [5, 5.41) is 11.1. The maximum atomic E-state index is 5.19. The van der Waals surface area contributed by atoms with Crippen LogP contribution in [0.5, 0.6) is 0 Å². The lowest BCUT2D eigenvalue weighted by Gasteiger charge is -2.08. The van der Waals surface area contributed by atoms with E-state index in [1.807, 2.05) is 4.57 Å². The third-order valence-electron chi connectivity index (χ3n) is 2.16. The molecule has 0 bridgehead atoms. The van der Waals surface area contributed by atoms with Crippen LogP contribution in [0.4, 0.5) is 0 Å². The molecule has 0 aliphatic rings. The van der Waals surface area contributed by atoms with E-state index < -0.39 is 0 Å². The molecule has 2 rings (SSSR count). The van der Waals surface area contributed by atoms with Gasteiger partial charge in [-0.05, 0) is 18.1 Å². The van der Waals surface area contributed by atoms with Crippen LogP contribution in [0.1, 0.15) is 19.7 Å². The maximum absolute atomic E-state index is 5.19. The summed E-state index contributed by atoms with van der Waals surface area (Å²) in [6, 6.07) is 0. The Morgan fingerprint density at radius 1 is 1.50 bits per heavy atom. The number of hydrogen-bond donors (Lipinski definition) is 1. The minimum Gasteiger partial charge on any atom is -0.302 e. The lowest BCUT2D eigenvalue weighted by Crippen LogP contribution is -2.12. The van der Waals surface area contributed by atoms with E-state index in [0.717, 1.165) is 12.4 Å². The molecule has 0 aliphatic carbocycles. The van der Waals surface area contributed by atoms with Crippen LogP contribution in [0.2, 0.25) is 0 Å². The SMILES string of the molecule is CC(C)Cn1c(Cn2cncn2)n[nH]c1=S. The molecule has 0 fully saturated rings. The molecule has 0 aliphatic heterocycles. The third kappa shape index (κ3) is 2.35. The topological polar surface area (TPSA) is 64.3 Å². The smallest absolute Gasteiger partial charge is 0.195 e. The molecule has 2 heterocycles. The molecule has 0 unspecified atom stereocenters. The van der Waals surface area contributed by atoms with Gasteiger partial charge in [0, 0.05) is 6.54 Å². The standard InChI is InChI=1S/C9H14N6S/c1-7(2)3-15-8(12-13-9(15)16)4-14-6-10-5-11-14/h5-7H,3-4H2,1-2H3,(H,13,16). The zero-order chi connectivity index (χ0) is 11.5. The average Bonchev–Trinajstić information content (AvgIpc) is 2.82. The number of nitrogens with zero attached hydrogens (tertiary/aromatic N) is 5. The molecule has 0 saturated heterocycles. The first kappa shape index (κ1) is 11.0. The van der Waals surface area contributed by atoms with E-state index in [-0.39, 0.29) is 0 Å². The molecular weight excluding hydrogens is 224 g/mol. The first-order valence-electron chi connectivity index (χ1n) is 5.13. The van der Waals surface area contributed by atoms with Crippen LogP contribution in [0.15, 0.2) is 12.7 Å². The van der Waals surface area contributed by atoms with Crippen LogP contribution >= 0.6 is 12.2 Å². The van der Waals surface area contributed by atoms with E-state index in [0.29, 0.717) is 17.2 Å². The van der Waals surface area contributed by atoms with E-state index in [1.165, 1.54) is 6.33 Å². The van der Waals surface area contributed by atoms with Crippen LogP contribution in [0, 0.1) is 10.7 Å². The Morgan fingerprint density at radius 2 is 2.31 bits per heavy atom. The Labute approximate surface area is 98.3 Å². The van der Waals surface area contributed by atoms with Crippen molar-refractivity contribution < 1.29 is 0 Å². The summed E-state index contributed by atoms with van der Waals surface area (Å²) < 4.78 is 4.38. The first-order valence-corrected chi connectivity index (χ1v) is 5.54. The van der Waals surface area contributed by atoms with Gasteiger partial charge in [-0.15, -0.1) is 0 Å². The van der Waals surface area contributed by atoms with Crippen LogP contribution < -0.4 is 0 Å². The number of nitrogens with one attached hydrogen (secondary N) is 1. The van der Waals surface area contributed by atoms with Crippen molar-refractivity contribution in [3.8, 4) is 0 Å². The van der Waals surface area contributed by atoms with E-state index in [4.69, 9.17) is 12.2 Å². The molecule has 0 spiro atoms. The molecule has 2 aromatic heterocycles. The summed E-state index contributed by atoms with van der Waals surface area (Å²) in [6.07, 6.45) is 3.17. The van der Waals surface area contributed by atoms with Gasteiger partial charge in [-0.3, -0.25) is 5.10 Å². The highest BCUT2D eigenvalue weighted by molar-refractivity contribution is 7.71. The Hall–Kier alpha value is -1.50. The molecule has 1 N–H and O–H groups in total. The highest BCUT2D eigenvalue weighted by atomic mass is 32.1. The second-order valence-electron chi connectivity index (χ2n) is 4.04. The second-order valence-corrected chi connectivity index (χ2v) is 4.43. The Morgan fingerprint density at radius 3 is 2.94 bits per heavy atom. The fraction of sp³-hybridized carbons (Fsp3) is 0.556. The van der Waals surface area contributed by atoms with Gasteiger partial charge in [0.2, 0.25) is 0 Å². The molecule has 16 heavy (non-hydrogen) atoms. The molecule has 0 aromatic carbocycles. The number of H-pyrrole nitrogens is 1. The van der Waals surface area contributed by atoms with Gasteiger partial charge in [-0.2, -0.15) is 10.2 Å². The van der Waals surface area contributed by atoms with Gasteiger partial charge < -0.3 is 4.57 Å². The number of hydrogen-bond acceptors (Lipinski definition) is 4. The maximum Gasteiger partial charge on any atom is 0.195 e. The van der Waals surface area contributed by atoms with Gasteiger partial charge in [0.1, 0.15) is 19.2 Å². The van der Waals surface area contributed by atoms with E-state index >= 15 is 0 Å². The van der Waals surface area contributed by atoms with Crippen molar-refractivity contribution >= 4 is 12.2 Å². The van der Waals surface area contributed by atoms with Crippen LogP contribution in [0.3, 0.4) is 0 Å². The molecule has 86 valence electrons. The Bertz CT molecular complexity index is 494. The Balaban J connectivity index is 2.24. The van der Waals surface area contributed by atoms with Crippen molar-refractivity contribution in [2.45, 2.75) is 26.9 Å². The molecule has 0 saturated carbocycles. The molecule has 7 heteroatoms. The quantitative estimate of drug-likeness (QED) is 0.814. The fourth-order valence-corrected chi connectivity index (χ4v) is 1.71. The van der Waals surface area contributed by atoms with Gasteiger partial charge in [-0.1, -0.05) is 13.8 Å². The monoisotopic (exact) mass is 238 g/mol. The molecule has 0 atom stereocenters. The van der Waals surface area contributed by atoms with Crippen LogP contribution in [0.25, 0.3) is 0 Å². The van der Waals surface area contributed by atoms with Crippen molar-refractivity contribution in [2.24, 2.45) is 5.92 Å². The summed E-state index contributed by atoms with van der Waals surface area (Å²) in [5.41, 5.74) is 0. The summed E-state index contributed by atoms with van der Waals surface area (Å²) >= 11 is 5.19. The minimum absolute atomic E-state index is 0.527. The molecule has 6 nitrogen and oxygen atoms in total. The molecular formula is C9H14N6S. The van der Waals surface area contributed by atoms with Crippen molar-refractivity contribution in [3.63, 3.8) is 0 Å². The number of rotatable bonds is 4. The van der Waals surface area contributed by atoms with Gasteiger partial charge in [0.25, 0.3) is 0 Å². The Kier molecular flexibility index (Phi) is 3.14. The van der Waals surface area contributed by atoms with Crippen LogP contribution in [-0.2, 0) is 13.1 Å². The summed E-state index contributed by atoms with van der Waals surface area (Å²) in [5.74, 6) is 1.41. The minimum atomic E-state index is 0.527. The highest BCUT2D eigenvalue weighted by Crippen LogP contribution is 2.05. The van der Waals surface area contributed by atoms with E-state index in [2.05, 4.69) is 34.1 Å². The lowest BCUT2D eigenvalue weighted by molar-refractivity contribution is 0.490. The van der Waals surface area contributed by atoms with Gasteiger partial charge in [0.15, 0.2) is 10.6 Å². The molecule has 2 aromatic rings. The van der Waals surface area contributed by atoms with Crippen molar-refractivity contribution in [3.05, 3.63) is 23.3 Å². The summed E-state index contributed by atoms with van der Waals surface area (Å²) in [4.78, 5) is 3.89.